The fourth-order valence-electron chi connectivity index (χ4n) is 3.25. The van der Waals surface area contributed by atoms with Crippen molar-refractivity contribution < 1.29 is 18.5 Å². The Morgan fingerprint density at radius 2 is 2.17 bits per heavy atom. The van der Waals surface area contributed by atoms with Gasteiger partial charge in [0, 0.05) is 23.0 Å². The topological polar surface area (TPSA) is 102 Å². The molecule has 0 aliphatic heterocycles. The third-order valence-electron chi connectivity index (χ3n) is 5.14. The number of aryl methyl sites for hydroxylation is 1. The quantitative estimate of drug-likeness (QED) is 0.509. The van der Waals surface area contributed by atoms with Crippen molar-refractivity contribution >= 4 is 23.4 Å². The lowest BCUT2D eigenvalue weighted by Gasteiger charge is -2.09. The van der Waals surface area contributed by atoms with Gasteiger partial charge in [0.25, 0.3) is 5.91 Å². The number of fused-ring (bicyclic) bond motifs is 1. The Labute approximate surface area is 169 Å². The van der Waals surface area contributed by atoms with Crippen molar-refractivity contribution in [3.8, 4) is 11.4 Å². The van der Waals surface area contributed by atoms with Gasteiger partial charge in [-0.1, -0.05) is 17.3 Å². The zero-order valence-electron chi connectivity index (χ0n) is 15.9. The van der Waals surface area contributed by atoms with Crippen LogP contribution >= 0.6 is 0 Å². The highest BCUT2D eigenvalue weighted by molar-refractivity contribution is 6.09. The van der Waals surface area contributed by atoms with E-state index in [0.717, 1.165) is 5.56 Å². The first-order chi connectivity index (χ1) is 14.5. The summed E-state index contributed by atoms with van der Waals surface area (Å²) < 4.78 is 19.9. The summed E-state index contributed by atoms with van der Waals surface area (Å²) in [7, 11) is 0. The first-order valence-electron chi connectivity index (χ1n) is 9.36. The summed E-state index contributed by atoms with van der Waals surface area (Å²) in [4.78, 5) is 28.2. The number of benzene rings is 1. The molecule has 3 aromatic heterocycles. The number of hydrogen-bond donors (Lipinski definition) is 1. The van der Waals surface area contributed by atoms with E-state index < -0.39 is 6.17 Å². The summed E-state index contributed by atoms with van der Waals surface area (Å²) in [5.41, 5.74) is 3.38. The summed E-state index contributed by atoms with van der Waals surface area (Å²) >= 11 is 0. The number of aldehydes is 1. The lowest BCUT2D eigenvalue weighted by molar-refractivity contribution is 0.102. The lowest BCUT2D eigenvalue weighted by atomic mass is 10.1. The molecule has 3 heterocycles. The predicted octanol–water partition coefficient (Wildman–Crippen LogP) is 3.58. The van der Waals surface area contributed by atoms with Gasteiger partial charge in [0.1, 0.15) is 12.5 Å². The van der Waals surface area contributed by atoms with E-state index in [-0.39, 0.29) is 11.8 Å². The highest BCUT2D eigenvalue weighted by Crippen LogP contribution is 2.43. The number of nitrogens with one attached hydrogen (secondary N) is 1. The number of amides is 1. The second kappa shape index (κ2) is 6.87. The van der Waals surface area contributed by atoms with Crippen LogP contribution in [0.2, 0.25) is 0 Å². The SMILES string of the molecule is Cc1ccc(-c2noc([C@H]3C[C@@H]3F)n2)cc1NC(=O)c1cnn2ccc(C=O)cc12. The zero-order valence-corrected chi connectivity index (χ0v) is 15.9. The smallest absolute Gasteiger partial charge is 0.259 e. The van der Waals surface area contributed by atoms with E-state index in [1.807, 2.05) is 19.1 Å². The lowest BCUT2D eigenvalue weighted by Crippen LogP contribution is -2.12. The van der Waals surface area contributed by atoms with Crippen molar-refractivity contribution in [2.75, 3.05) is 5.32 Å². The maximum Gasteiger partial charge on any atom is 0.259 e. The highest BCUT2D eigenvalue weighted by Gasteiger charge is 2.43. The maximum atomic E-state index is 13.2. The number of carbonyl (C=O) groups excluding carboxylic acids is 2. The van der Waals surface area contributed by atoms with E-state index in [1.165, 1.54) is 10.7 Å². The molecule has 1 amide bonds. The molecule has 2 atom stereocenters. The molecule has 4 aromatic rings. The number of halogens is 1. The molecule has 8 nitrogen and oxygen atoms in total. The number of carbonyl (C=O) groups is 2. The average molecular weight is 405 g/mol. The van der Waals surface area contributed by atoms with E-state index in [0.29, 0.717) is 52.3 Å². The molecule has 5 rings (SSSR count). The van der Waals surface area contributed by atoms with Crippen LogP contribution < -0.4 is 5.32 Å². The maximum absolute atomic E-state index is 13.2. The molecule has 0 saturated heterocycles. The molecular weight excluding hydrogens is 389 g/mol. The van der Waals surface area contributed by atoms with Gasteiger partial charge in [0.2, 0.25) is 11.7 Å². The fraction of sp³-hybridized carbons (Fsp3) is 0.190. The van der Waals surface area contributed by atoms with Gasteiger partial charge in [-0.2, -0.15) is 10.1 Å². The van der Waals surface area contributed by atoms with Crippen molar-refractivity contribution in [1.29, 1.82) is 0 Å². The summed E-state index contributed by atoms with van der Waals surface area (Å²) in [5, 5.41) is 11.0. The van der Waals surface area contributed by atoms with Crippen LogP contribution in [0.4, 0.5) is 10.1 Å². The van der Waals surface area contributed by atoms with Crippen molar-refractivity contribution in [2.45, 2.75) is 25.4 Å². The second-order valence-electron chi connectivity index (χ2n) is 7.26. The van der Waals surface area contributed by atoms with Gasteiger partial charge in [-0.05, 0) is 37.1 Å². The van der Waals surface area contributed by atoms with E-state index in [9.17, 15) is 14.0 Å². The monoisotopic (exact) mass is 405 g/mol. The Morgan fingerprint density at radius 1 is 1.33 bits per heavy atom. The first-order valence-corrected chi connectivity index (χ1v) is 9.36. The largest absolute Gasteiger partial charge is 0.339 e. The minimum atomic E-state index is -0.920. The van der Waals surface area contributed by atoms with Gasteiger partial charge in [-0.25, -0.2) is 8.91 Å². The Kier molecular flexibility index (Phi) is 4.16. The van der Waals surface area contributed by atoms with Crippen LogP contribution in [0.3, 0.4) is 0 Å². The highest BCUT2D eigenvalue weighted by atomic mass is 19.1. The molecule has 1 aliphatic rings. The summed E-state index contributed by atoms with van der Waals surface area (Å²) in [5.74, 6) is -0.0460. The number of pyridine rings is 1. The molecule has 1 saturated carbocycles. The first kappa shape index (κ1) is 18.2. The van der Waals surface area contributed by atoms with Crippen molar-refractivity contribution in [3.63, 3.8) is 0 Å². The minimum absolute atomic E-state index is 0.293. The minimum Gasteiger partial charge on any atom is -0.339 e. The molecule has 9 heteroatoms. The van der Waals surface area contributed by atoms with Crippen LogP contribution in [0.25, 0.3) is 16.9 Å². The van der Waals surface area contributed by atoms with Gasteiger partial charge in [0.15, 0.2) is 0 Å². The van der Waals surface area contributed by atoms with E-state index >= 15 is 0 Å². The number of hydrogen-bond acceptors (Lipinski definition) is 6. The van der Waals surface area contributed by atoms with Crippen molar-refractivity contribution in [1.82, 2.24) is 19.8 Å². The Balaban J connectivity index is 1.43. The Hall–Kier alpha value is -3.88. The molecule has 1 N–H and O–H groups in total. The second-order valence-corrected chi connectivity index (χ2v) is 7.26. The average Bonchev–Trinajstić information content (AvgIpc) is 3.15. The Bertz CT molecular complexity index is 1300. The number of nitrogens with zero attached hydrogens (tertiary/aromatic N) is 4. The molecular formula is C21H16FN5O3. The van der Waals surface area contributed by atoms with Crippen LogP contribution in [-0.2, 0) is 0 Å². The molecule has 1 aliphatic carbocycles. The molecule has 150 valence electrons. The van der Waals surface area contributed by atoms with Gasteiger partial charge in [-0.15, -0.1) is 0 Å². The summed E-state index contributed by atoms with van der Waals surface area (Å²) in [6, 6.07) is 8.61. The third kappa shape index (κ3) is 3.14. The fourth-order valence-corrected chi connectivity index (χ4v) is 3.25. The van der Waals surface area contributed by atoms with Gasteiger partial charge < -0.3 is 9.84 Å². The normalized spacial score (nSPS) is 17.8. The van der Waals surface area contributed by atoms with Crippen LogP contribution in [0.1, 0.15) is 44.5 Å². The predicted molar refractivity (Wildman–Crippen MR) is 105 cm³/mol. The van der Waals surface area contributed by atoms with E-state index in [2.05, 4.69) is 20.6 Å². The summed E-state index contributed by atoms with van der Waals surface area (Å²) in [6.45, 7) is 1.86. The van der Waals surface area contributed by atoms with E-state index in [4.69, 9.17) is 4.52 Å². The van der Waals surface area contributed by atoms with Crippen LogP contribution in [0.15, 0.2) is 47.2 Å². The molecule has 1 aromatic carbocycles. The van der Waals surface area contributed by atoms with Gasteiger partial charge >= 0.3 is 0 Å². The molecule has 0 spiro atoms. The van der Waals surface area contributed by atoms with Gasteiger partial charge in [0.05, 0.1) is 23.2 Å². The van der Waals surface area contributed by atoms with Crippen molar-refractivity contribution in [3.05, 3.63) is 65.3 Å². The summed E-state index contributed by atoms with van der Waals surface area (Å²) in [6.07, 6.45) is 3.28. The van der Waals surface area contributed by atoms with E-state index in [1.54, 1.807) is 24.4 Å². The molecule has 0 radical (unpaired) electrons. The number of rotatable bonds is 5. The molecule has 0 unspecified atom stereocenters. The number of anilines is 1. The Morgan fingerprint density at radius 3 is 2.93 bits per heavy atom. The standard InChI is InChI=1S/C21H16FN5O3/c1-11-2-3-13(19-25-21(30-26-19)14-8-16(14)22)7-17(11)24-20(29)15-9-23-27-5-4-12(10-28)6-18(15)27/h2-7,9-10,14,16H,8H2,1H3,(H,24,29)/t14-,16-/m0/s1. The van der Waals surface area contributed by atoms with Crippen LogP contribution in [-0.4, -0.2) is 38.1 Å². The third-order valence-corrected chi connectivity index (χ3v) is 5.14. The number of aromatic nitrogens is 4. The zero-order chi connectivity index (χ0) is 20.8. The number of alkyl halides is 1. The van der Waals surface area contributed by atoms with Crippen molar-refractivity contribution in [2.24, 2.45) is 0 Å². The van der Waals surface area contributed by atoms with Crippen LogP contribution in [0, 0.1) is 6.92 Å². The molecule has 30 heavy (non-hydrogen) atoms. The molecule has 1 fully saturated rings. The van der Waals surface area contributed by atoms with Crippen LogP contribution in [0.5, 0.6) is 0 Å². The molecule has 0 bridgehead atoms. The van der Waals surface area contributed by atoms with Gasteiger partial charge in [-0.3, -0.25) is 9.59 Å².